The standard InChI is InChI=1S/C22H14F6O4.C3H8/c23-21(24,25)31-18-6-1-14(2-7-18)13-30-20-10-5-16(11-17(20)12-29)15-3-8-19(9-4-15)32-22(26,27)28;1-3-2/h1-12H,13H2;3H2,1-2H3. The molecule has 0 saturated heterocycles. The number of rotatable bonds is 7. The number of carbonyl (C=O) groups excluding carboxylic acids is 1. The Morgan fingerprint density at radius 2 is 1.17 bits per heavy atom. The Balaban J connectivity index is 0.00000137. The number of carbonyl (C=O) groups is 1. The van der Waals surface area contributed by atoms with Gasteiger partial charge in [0.15, 0.2) is 6.29 Å². The summed E-state index contributed by atoms with van der Waals surface area (Å²) in [4.78, 5) is 11.5. The van der Waals surface area contributed by atoms with Crippen molar-refractivity contribution in [2.24, 2.45) is 0 Å². The van der Waals surface area contributed by atoms with Gasteiger partial charge in [0.25, 0.3) is 0 Å². The maximum absolute atomic E-state index is 12.3. The number of hydrogen-bond acceptors (Lipinski definition) is 4. The highest BCUT2D eigenvalue weighted by Crippen LogP contribution is 2.30. The Morgan fingerprint density at radius 1 is 0.714 bits per heavy atom. The van der Waals surface area contributed by atoms with E-state index in [0.29, 0.717) is 23.0 Å². The summed E-state index contributed by atoms with van der Waals surface area (Å²) in [5.41, 5.74) is 1.84. The van der Waals surface area contributed by atoms with Crippen molar-refractivity contribution < 1.29 is 45.3 Å². The highest BCUT2D eigenvalue weighted by Gasteiger charge is 2.31. The van der Waals surface area contributed by atoms with Crippen LogP contribution in [0, 0.1) is 0 Å². The van der Waals surface area contributed by atoms with Crippen molar-refractivity contribution in [2.45, 2.75) is 39.6 Å². The molecular weight excluding hydrogens is 478 g/mol. The van der Waals surface area contributed by atoms with Crippen LogP contribution in [0.2, 0.25) is 0 Å². The lowest BCUT2D eigenvalue weighted by molar-refractivity contribution is -0.275. The second-order valence-corrected chi connectivity index (χ2v) is 7.13. The first kappa shape index (κ1) is 27.6. The summed E-state index contributed by atoms with van der Waals surface area (Å²) in [5, 5.41) is 0. The zero-order valence-electron chi connectivity index (χ0n) is 18.7. The molecule has 0 saturated carbocycles. The molecule has 0 aliphatic heterocycles. The number of ether oxygens (including phenoxy) is 3. The van der Waals surface area contributed by atoms with E-state index in [-0.39, 0.29) is 29.4 Å². The van der Waals surface area contributed by atoms with Crippen LogP contribution < -0.4 is 14.2 Å². The van der Waals surface area contributed by atoms with Crippen LogP contribution >= 0.6 is 0 Å². The first-order chi connectivity index (χ1) is 16.4. The highest BCUT2D eigenvalue weighted by atomic mass is 19.4. The Hall–Kier alpha value is -3.69. The van der Waals surface area contributed by atoms with E-state index in [2.05, 4.69) is 23.3 Å². The fourth-order valence-electron chi connectivity index (χ4n) is 2.75. The number of aldehydes is 1. The van der Waals surface area contributed by atoms with Gasteiger partial charge >= 0.3 is 12.7 Å². The average Bonchev–Trinajstić information content (AvgIpc) is 2.77. The van der Waals surface area contributed by atoms with Crippen molar-refractivity contribution in [1.29, 1.82) is 0 Å². The van der Waals surface area contributed by atoms with Crippen molar-refractivity contribution >= 4 is 6.29 Å². The Kier molecular flexibility index (Phi) is 9.56. The van der Waals surface area contributed by atoms with Crippen molar-refractivity contribution in [3.63, 3.8) is 0 Å². The zero-order valence-corrected chi connectivity index (χ0v) is 18.7. The third-order valence-electron chi connectivity index (χ3n) is 4.11. The first-order valence-corrected chi connectivity index (χ1v) is 10.4. The monoisotopic (exact) mass is 500 g/mol. The van der Waals surface area contributed by atoms with Gasteiger partial charge in [-0.1, -0.05) is 50.6 Å². The summed E-state index contributed by atoms with van der Waals surface area (Å²) in [6.45, 7) is 4.23. The van der Waals surface area contributed by atoms with E-state index >= 15 is 0 Å². The van der Waals surface area contributed by atoms with Gasteiger partial charge in [-0.3, -0.25) is 4.79 Å². The molecule has 0 radical (unpaired) electrons. The zero-order chi connectivity index (χ0) is 26.1. The molecule has 4 nitrogen and oxygen atoms in total. The lowest BCUT2D eigenvalue weighted by atomic mass is 10.0. The summed E-state index contributed by atoms with van der Waals surface area (Å²) in [7, 11) is 0. The number of halogens is 6. The van der Waals surface area contributed by atoms with Crippen molar-refractivity contribution in [3.05, 3.63) is 77.9 Å². The average molecular weight is 500 g/mol. The van der Waals surface area contributed by atoms with E-state index in [4.69, 9.17) is 4.74 Å². The largest absolute Gasteiger partial charge is 0.573 e. The molecule has 0 N–H and O–H groups in total. The molecule has 3 rings (SSSR count). The van der Waals surface area contributed by atoms with Gasteiger partial charge in [-0.15, -0.1) is 26.3 Å². The summed E-state index contributed by atoms with van der Waals surface area (Å²) in [6, 6.07) is 14.8. The molecule has 10 heteroatoms. The van der Waals surface area contributed by atoms with Crippen LogP contribution in [0.25, 0.3) is 11.1 Å². The highest BCUT2D eigenvalue weighted by molar-refractivity contribution is 5.83. The lowest BCUT2D eigenvalue weighted by Gasteiger charge is -2.12. The van der Waals surface area contributed by atoms with Crippen LogP contribution in [0.4, 0.5) is 26.3 Å². The lowest BCUT2D eigenvalue weighted by Crippen LogP contribution is -2.17. The summed E-state index contributed by atoms with van der Waals surface area (Å²) in [5.74, 6) is -0.509. The number of alkyl halides is 6. The van der Waals surface area contributed by atoms with E-state index < -0.39 is 12.7 Å². The molecule has 35 heavy (non-hydrogen) atoms. The normalized spacial score (nSPS) is 11.2. The van der Waals surface area contributed by atoms with Crippen LogP contribution in [0.3, 0.4) is 0 Å². The molecule has 0 aromatic heterocycles. The molecule has 0 unspecified atom stereocenters. The topological polar surface area (TPSA) is 44.8 Å². The van der Waals surface area contributed by atoms with Gasteiger partial charge in [0, 0.05) is 0 Å². The molecule has 188 valence electrons. The third-order valence-corrected chi connectivity index (χ3v) is 4.11. The van der Waals surface area contributed by atoms with E-state index in [1.165, 1.54) is 42.8 Å². The third kappa shape index (κ3) is 9.60. The van der Waals surface area contributed by atoms with E-state index in [0.717, 1.165) is 24.3 Å². The Bertz CT molecular complexity index is 1080. The fraction of sp³-hybridized carbons (Fsp3) is 0.240. The second-order valence-electron chi connectivity index (χ2n) is 7.13. The SMILES string of the molecule is CCC.O=Cc1cc(-c2ccc(OC(F)(F)F)cc2)ccc1OCc1ccc(OC(F)(F)F)cc1. The van der Waals surface area contributed by atoms with Gasteiger partial charge in [0.1, 0.15) is 23.9 Å². The molecule has 3 aromatic rings. The van der Waals surface area contributed by atoms with Gasteiger partial charge in [-0.2, -0.15) is 0 Å². The van der Waals surface area contributed by atoms with Gasteiger partial charge in [0.05, 0.1) is 5.56 Å². The van der Waals surface area contributed by atoms with E-state index in [1.807, 2.05) is 0 Å². The molecule has 0 aliphatic rings. The van der Waals surface area contributed by atoms with E-state index in [9.17, 15) is 31.1 Å². The molecular formula is C25H22F6O4. The van der Waals surface area contributed by atoms with Gasteiger partial charge < -0.3 is 14.2 Å². The first-order valence-electron chi connectivity index (χ1n) is 10.4. The molecule has 0 aliphatic carbocycles. The van der Waals surface area contributed by atoms with E-state index in [1.54, 1.807) is 6.07 Å². The number of hydrogen-bond donors (Lipinski definition) is 0. The molecule has 0 heterocycles. The minimum absolute atomic E-state index is 0.0179. The Morgan fingerprint density at radius 3 is 1.63 bits per heavy atom. The van der Waals surface area contributed by atoms with Crippen LogP contribution in [0.15, 0.2) is 66.7 Å². The van der Waals surface area contributed by atoms with Gasteiger partial charge in [0.2, 0.25) is 0 Å². The van der Waals surface area contributed by atoms with Crippen molar-refractivity contribution in [2.75, 3.05) is 0 Å². The molecule has 0 spiro atoms. The predicted molar refractivity (Wildman–Crippen MR) is 117 cm³/mol. The second kappa shape index (κ2) is 12.1. The molecule has 3 aromatic carbocycles. The fourth-order valence-corrected chi connectivity index (χ4v) is 2.75. The Labute approximate surface area is 198 Å². The summed E-state index contributed by atoms with van der Waals surface area (Å²) < 4.78 is 86.6. The van der Waals surface area contributed by atoms with Crippen molar-refractivity contribution in [1.82, 2.24) is 0 Å². The summed E-state index contributed by atoms with van der Waals surface area (Å²) in [6.07, 6.45) is -7.78. The van der Waals surface area contributed by atoms with Crippen LogP contribution in [0.5, 0.6) is 17.2 Å². The molecule has 0 fully saturated rings. The summed E-state index contributed by atoms with van der Waals surface area (Å²) >= 11 is 0. The molecule has 0 atom stereocenters. The molecule has 0 bridgehead atoms. The number of benzene rings is 3. The van der Waals surface area contributed by atoms with Gasteiger partial charge in [-0.25, -0.2) is 0 Å². The van der Waals surface area contributed by atoms with Crippen LogP contribution in [-0.4, -0.2) is 19.0 Å². The minimum Gasteiger partial charge on any atom is -0.488 e. The van der Waals surface area contributed by atoms with Crippen molar-refractivity contribution in [3.8, 4) is 28.4 Å². The maximum atomic E-state index is 12.3. The maximum Gasteiger partial charge on any atom is 0.573 e. The van der Waals surface area contributed by atoms with Crippen LogP contribution in [-0.2, 0) is 6.61 Å². The molecule has 0 amide bonds. The van der Waals surface area contributed by atoms with Gasteiger partial charge in [-0.05, 0) is 53.1 Å². The predicted octanol–water partition coefficient (Wildman–Crippen LogP) is 7.96. The smallest absolute Gasteiger partial charge is 0.488 e. The quantitative estimate of drug-likeness (QED) is 0.244. The van der Waals surface area contributed by atoms with Crippen LogP contribution in [0.1, 0.15) is 36.2 Å². The minimum atomic E-state index is -4.79.